The van der Waals surface area contributed by atoms with Crippen LogP contribution >= 0.6 is 0 Å². The van der Waals surface area contributed by atoms with E-state index in [1.54, 1.807) is 0 Å². The molecule has 0 fully saturated rings. The van der Waals surface area contributed by atoms with Gasteiger partial charge < -0.3 is 28.5 Å². The molecule has 1 N–H and O–H groups in total. The maximum atomic E-state index is 12.8. The van der Waals surface area contributed by atoms with Crippen LogP contribution in [0, 0.1) is 0 Å². The fraction of sp³-hybridized carbons (Fsp3) is 0.678. The Hall–Kier alpha value is -3.79. The smallest absolute Gasteiger partial charge is 0.361 e. The van der Waals surface area contributed by atoms with Crippen LogP contribution in [-0.2, 0) is 33.3 Å². The Bertz CT molecular complexity index is 1430. The third kappa shape index (κ3) is 50.1. The van der Waals surface area contributed by atoms with E-state index in [2.05, 4.69) is 111 Å². The van der Waals surface area contributed by atoms with Gasteiger partial charge in [-0.25, -0.2) is 4.79 Å². The molecule has 9 heteroatoms. The largest absolute Gasteiger partial charge is 0.477 e. The summed E-state index contributed by atoms with van der Waals surface area (Å²) in [6.07, 6.45) is 63.3. The van der Waals surface area contributed by atoms with E-state index in [0.717, 1.165) is 109 Å². The second-order valence-electron chi connectivity index (χ2n) is 18.8. The van der Waals surface area contributed by atoms with E-state index in [0.29, 0.717) is 17.4 Å². The molecule has 0 amide bonds. The zero-order chi connectivity index (χ0) is 49.9. The van der Waals surface area contributed by atoms with E-state index in [4.69, 9.17) is 18.9 Å². The summed E-state index contributed by atoms with van der Waals surface area (Å²) in [4.78, 5) is 37.3. The molecule has 68 heavy (non-hydrogen) atoms. The lowest BCUT2D eigenvalue weighted by molar-refractivity contribution is -0.870. The Morgan fingerprint density at radius 2 is 0.838 bits per heavy atom. The SMILES string of the molecule is CC/C=C\C/C=C\C/C=C\C/C=C\C/C=C\C/C=C\C/C=C\CCCCCCCCCC(=O)OC(COC(=O)CCCCCCC/C=C\CCCCCCC)COC(OCC[N+](C)(C)C)C(=O)O. The summed E-state index contributed by atoms with van der Waals surface area (Å²) < 4.78 is 22.8. The van der Waals surface area contributed by atoms with Gasteiger partial charge in [-0.15, -0.1) is 0 Å². The molecule has 0 rings (SSSR count). The van der Waals surface area contributed by atoms with Gasteiger partial charge >= 0.3 is 17.9 Å². The zero-order valence-electron chi connectivity index (χ0n) is 44.0. The molecule has 2 atom stereocenters. The molecule has 0 aliphatic carbocycles. The highest BCUT2D eigenvalue weighted by Crippen LogP contribution is 2.14. The lowest BCUT2D eigenvalue weighted by Crippen LogP contribution is -2.40. The molecule has 0 spiro atoms. The molecule has 0 aromatic rings. The van der Waals surface area contributed by atoms with Crippen molar-refractivity contribution in [3.05, 3.63) is 97.2 Å². The quantitative estimate of drug-likeness (QED) is 0.0211. The predicted octanol–water partition coefficient (Wildman–Crippen LogP) is 15.4. The fourth-order valence-corrected chi connectivity index (χ4v) is 6.93. The fourth-order valence-electron chi connectivity index (χ4n) is 6.93. The second kappa shape index (κ2) is 49.6. The van der Waals surface area contributed by atoms with Crippen LogP contribution in [0.5, 0.6) is 0 Å². The van der Waals surface area contributed by atoms with Crippen LogP contribution in [0.4, 0.5) is 0 Å². The highest BCUT2D eigenvalue weighted by atomic mass is 16.7. The topological polar surface area (TPSA) is 108 Å². The van der Waals surface area contributed by atoms with Crippen LogP contribution in [0.2, 0.25) is 0 Å². The molecule has 0 aromatic heterocycles. The number of esters is 2. The van der Waals surface area contributed by atoms with E-state index in [1.807, 2.05) is 21.1 Å². The number of carboxylic acid groups (broad SMARTS) is 1. The molecule has 9 nitrogen and oxygen atoms in total. The number of aliphatic carboxylic acids is 1. The first-order valence-corrected chi connectivity index (χ1v) is 26.9. The molecule has 0 saturated carbocycles. The summed E-state index contributed by atoms with van der Waals surface area (Å²) in [7, 11) is 5.95. The minimum atomic E-state index is -1.52. The van der Waals surface area contributed by atoms with Gasteiger partial charge in [0.2, 0.25) is 0 Å². The highest BCUT2D eigenvalue weighted by Gasteiger charge is 2.25. The van der Waals surface area contributed by atoms with Gasteiger partial charge in [-0.3, -0.25) is 9.59 Å². The number of carbonyl (C=O) groups excluding carboxylic acids is 2. The minimum absolute atomic E-state index is 0.179. The van der Waals surface area contributed by atoms with Crippen molar-refractivity contribution in [2.45, 2.75) is 212 Å². The monoisotopic (exact) mass is 951 g/mol. The van der Waals surface area contributed by atoms with Gasteiger partial charge in [0.1, 0.15) is 13.2 Å². The van der Waals surface area contributed by atoms with E-state index in [9.17, 15) is 19.5 Å². The van der Waals surface area contributed by atoms with Gasteiger partial charge in [-0.1, -0.05) is 188 Å². The number of unbranched alkanes of at least 4 members (excludes halogenated alkanes) is 17. The number of allylic oxidation sites excluding steroid dienone is 16. The number of nitrogens with zero attached hydrogens (tertiary/aromatic N) is 1. The summed E-state index contributed by atoms with van der Waals surface area (Å²) in [5, 5.41) is 9.67. The van der Waals surface area contributed by atoms with Crippen molar-refractivity contribution in [2.75, 3.05) is 47.5 Å². The van der Waals surface area contributed by atoms with Gasteiger partial charge in [-0.05, 0) is 96.3 Å². The molecule has 388 valence electrons. The molecular formula is C59H100NO8+. The molecule has 0 radical (unpaired) electrons. The van der Waals surface area contributed by atoms with Crippen LogP contribution in [0.25, 0.3) is 0 Å². The summed E-state index contributed by atoms with van der Waals surface area (Å²) in [5.74, 6) is -2.04. The number of rotatable bonds is 48. The number of likely N-dealkylation sites (N-methyl/N-ethyl adjacent to an activating group) is 1. The Morgan fingerprint density at radius 1 is 0.456 bits per heavy atom. The van der Waals surface area contributed by atoms with Gasteiger partial charge in [0.15, 0.2) is 6.10 Å². The first kappa shape index (κ1) is 64.2. The summed E-state index contributed by atoms with van der Waals surface area (Å²) >= 11 is 0. The lowest BCUT2D eigenvalue weighted by atomic mass is 10.1. The van der Waals surface area contributed by atoms with Crippen LogP contribution in [0.15, 0.2) is 97.2 Å². The van der Waals surface area contributed by atoms with Crippen molar-refractivity contribution in [1.29, 1.82) is 0 Å². The van der Waals surface area contributed by atoms with Gasteiger partial charge in [0.05, 0.1) is 34.4 Å². The number of hydrogen-bond donors (Lipinski definition) is 1. The maximum Gasteiger partial charge on any atom is 0.361 e. The third-order valence-corrected chi connectivity index (χ3v) is 11.1. The molecule has 0 aliphatic rings. The summed E-state index contributed by atoms with van der Waals surface area (Å²) in [6, 6.07) is 0. The Labute approximate surface area is 416 Å². The Morgan fingerprint density at radius 3 is 1.26 bits per heavy atom. The van der Waals surface area contributed by atoms with Crippen molar-refractivity contribution in [1.82, 2.24) is 0 Å². The molecule has 2 unspecified atom stereocenters. The average Bonchev–Trinajstić information content (AvgIpc) is 3.30. The summed E-state index contributed by atoms with van der Waals surface area (Å²) in [5.41, 5.74) is 0. The number of carbonyl (C=O) groups is 3. The number of ether oxygens (including phenoxy) is 4. The number of hydrogen-bond acceptors (Lipinski definition) is 7. The standard InChI is InChI=1S/C59H99NO8/c1-6-8-10-12-14-16-18-20-22-23-24-25-26-27-28-29-30-31-32-33-34-35-36-38-40-42-44-46-48-50-57(62)68-55(54-67-59(58(63)64)65-52-51-60(3,4)5)53-66-56(61)49-47-45-43-41-39-37-21-19-17-15-13-11-9-7-2/h8,10,14,16,19-22,24-25,27-28,30-31,33-34,55,59H,6-7,9,11-13,15,17-18,23,26,29,32,35-54H2,1-5H3/p+1/b10-8-,16-14-,21-19-,22-20-,25-24-,28-27-,31-30-,34-33-. The molecule has 0 bridgehead atoms. The molecular weight excluding hydrogens is 851 g/mol. The number of carboxylic acids is 1. The van der Waals surface area contributed by atoms with Crippen LogP contribution in [0.1, 0.15) is 200 Å². The first-order valence-electron chi connectivity index (χ1n) is 26.9. The predicted molar refractivity (Wildman–Crippen MR) is 285 cm³/mol. The minimum Gasteiger partial charge on any atom is -0.477 e. The zero-order valence-corrected chi connectivity index (χ0v) is 44.0. The van der Waals surface area contributed by atoms with Crippen molar-refractivity contribution in [3.63, 3.8) is 0 Å². The van der Waals surface area contributed by atoms with Crippen molar-refractivity contribution >= 4 is 17.9 Å². The first-order chi connectivity index (χ1) is 33.1. The molecule has 0 aliphatic heterocycles. The van der Waals surface area contributed by atoms with Crippen LogP contribution in [-0.4, -0.2) is 87.4 Å². The van der Waals surface area contributed by atoms with Crippen LogP contribution in [0.3, 0.4) is 0 Å². The molecule has 0 aromatic carbocycles. The molecule has 0 saturated heterocycles. The molecule has 0 heterocycles. The van der Waals surface area contributed by atoms with E-state index >= 15 is 0 Å². The number of quaternary nitrogens is 1. The van der Waals surface area contributed by atoms with Crippen molar-refractivity contribution in [3.8, 4) is 0 Å². The Kier molecular flexibility index (Phi) is 46.9. The van der Waals surface area contributed by atoms with E-state index in [-0.39, 0.29) is 38.6 Å². The second-order valence-corrected chi connectivity index (χ2v) is 18.8. The van der Waals surface area contributed by atoms with E-state index in [1.165, 1.54) is 57.8 Å². The summed E-state index contributed by atoms with van der Waals surface area (Å²) in [6.45, 7) is 4.71. The van der Waals surface area contributed by atoms with Gasteiger partial charge in [0, 0.05) is 12.8 Å². The average molecular weight is 951 g/mol. The van der Waals surface area contributed by atoms with Crippen molar-refractivity contribution < 1.29 is 42.9 Å². The lowest BCUT2D eigenvalue weighted by Gasteiger charge is -2.25. The highest BCUT2D eigenvalue weighted by molar-refractivity contribution is 5.71. The Balaban J connectivity index is 4.32. The maximum absolute atomic E-state index is 12.8. The van der Waals surface area contributed by atoms with Gasteiger partial charge in [-0.2, -0.15) is 0 Å². The van der Waals surface area contributed by atoms with Gasteiger partial charge in [0.25, 0.3) is 6.29 Å². The van der Waals surface area contributed by atoms with E-state index < -0.39 is 24.3 Å². The van der Waals surface area contributed by atoms with Crippen LogP contribution < -0.4 is 0 Å². The third-order valence-electron chi connectivity index (χ3n) is 11.1. The normalized spacial score (nSPS) is 13.6. The van der Waals surface area contributed by atoms with Crippen molar-refractivity contribution in [2.24, 2.45) is 0 Å².